The smallest absolute Gasteiger partial charge is 0.253 e. The molecule has 3 rings (SSSR count). The fourth-order valence-electron chi connectivity index (χ4n) is 3.69. The third-order valence-corrected chi connectivity index (χ3v) is 7.43. The zero-order valence-corrected chi connectivity index (χ0v) is 19.0. The second-order valence-electron chi connectivity index (χ2n) is 7.76. The summed E-state index contributed by atoms with van der Waals surface area (Å²) >= 11 is 0. The van der Waals surface area contributed by atoms with E-state index in [1.54, 1.807) is 36.3 Å². The van der Waals surface area contributed by atoms with Gasteiger partial charge in [-0.25, -0.2) is 8.42 Å². The summed E-state index contributed by atoms with van der Waals surface area (Å²) in [5, 5.41) is 3.16. The highest BCUT2D eigenvalue weighted by Gasteiger charge is 2.27. The number of nitrogens with zero attached hydrogens (tertiary/aromatic N) is 2. The molecule has 1 atom stereocenters. The number of sulfonamides is 1. The molecule has 0 spiro atoms. The van der Waals surface area contributed by atoms with Crippen molar-refractivity contribution in [1.29, 1.82) is 0 Å². The number of ether oxygens (including phenoxy) is 1. The van der Waals surface area contributed by atoms with Crippen molar-refractivity contribution < 1.29 is 17.9 Å². The molecule has 1 aliphatic heterocycles. The van der Waals surface area contributed by atoms with E-state index in [-0.39, 0.29) is 24.1 Å². The van der Waals surface area contributed by atoms with Crippen molar-refractivity contribution in [2.24, 2.45) is 0 Å². The fourth-order valence-corrected chi connectivity index (χ4v) is 5.13. The number of hydrogen-bond acceptors (Lipinski definition) is 5. The molecule has 7 nitrogen and oxygen atoms in total. The molecule has 8 heteroatoms. The van der Waals surface area contributed by atoms with E-state index in [9.17, 15) is 13.2 Å². The Labute approximate surface area is 185 Å². The summed E-state index contributed by atoms with van der Waals surface area (Å²) < 4.78 is 32.4. The third-order valence-electron chi connectivity index (χ3n) is 5.58. The highest BCUT2D eigenvalue weighted by Crippen LogP contribution is 2.19. The first-order valence-corrected chi connectivity index (χ1v) is 12.2. The van der Waals surface area contributed by atoms with E-state index < -0.39 is 10.0 Å². The zero-order chi connectivity index (χ0) is 22.3. The van der Waals surface area contributed by atoms with Gasteiger partial charge in [-0.05, 0) is 35.7 Å². The number of hydrogen-bond donors (Lipinski definition) is 1. The molecule has 0 saturated carbocycles. The molecule has 1 N–H and O–H groups in total. The Morgan fingerprint density at radius 2 is 1.74 bits per heavy atom. The van der Waals surface area contributed by atoms with E-state index in [1.165, 1.54) is 4.31 Å². The number of nitrogens with one attached hydrogen (secondary N) is 1. The minimum atomic E-state index is -3.43. The van der Waals surface area contributed by atoms with Crippen LogP contribution in [0, 0.1) is 0 Å². The summed E-state index contributed by atoms with van der Waals surface area (Å²) in [6.07, 6.45) is 0. The normalized spacial score (nSPS) is 15.9. The Morgan fingerprint density at radius 3 is 2.35 bits per heavy atom. The van der Waals surface area contributed by atoms with Crippen LogP contribution in [0.25, 0.3) is 0 Å². The summed E-state index contributed by atoms with van der Waals surface area (Å²) in [5.41, 5.74) is 1.63. The van der Waals surface area contributed by atoms with E-state index in [0.29, 0.717) is 44.0 Å². The lowest BCUT2D eigenvalue weighted by atomic mass is 10.0. The van der Waals surface area contributed by atoms with Crippen LogP contribution in [0.15, 0.2) is 54.6 Å². The molecule has 0 aromatic heterocycles. The average molecular weight is 446 g/mol. The number of rotatable bonds is 9. The van der Waals surface area contributed by atoms with Gasteiger partial charge in [0.05, 0.1) is 12.9 Å². The van der Waals surface area contributed by atoms with E-state index in [2.05, 4.69) is 12.2 Å². The summed E-state index contributed by atoms with van der Waals surface area (Å²) in [5.74, 6) is 0.476. The van der Waals surface area contributed by atoms with Gasteiger partial charge < -0.3 is 15.0 Å². The summed E-state index contributed by atoms with van der Waals surface area (Å²) in [4.78, 5) is 14.9. The topological polar surface area (TPSA) is 79.0 Å². The molecule has 0 radical (unpaired) electrons. The van der Waals surface area contributed by atoms with E-state index >= 15 is 0 Å². The Bertz CT molecular complexity index is 943. The van der Waals surface area contributed by atoms with Crippen molar-refractivity contribution in [3.63, 3.8) is 0 Å². The molecule has 1 saturated heterocycles. The molecular formula is C23H31N3O4S. The van der Waals surface area contributed by atoms with Crippen LogP contribution >= 0.6 is 0 Å². The first-order valence-electron chi connectivity index (χ1n) is 10.6. The molecule has 1 fully saturated rings. The maximum Gasteiger partial charge on any atom is 0.253 e. The number of carbonyl (C=O) groups is 1. The molecule has 2 aromatic carbocycles. The fraction of sp³-hybridized carbons (Fsp3) is 0.435. The van der Waals surface area contributed by atoms with Gasteiger partial charge in [-0.1, -0.05) is 37.3 Å². The van der Waals surface area contributed by atoms with Crippen molar-refractivity contribution in [3.05, 3.63) is 65.7 Å². The van der Waals surface area contributed by atoms with Crippen LogP contribution in [-0.4, -0.2) is 75.7 Å². The number of amides is 1. The Morgan fingerprint density at radius 1 is 1.10 bits per heavy atom. The van der Waals surface area contributed by atoms with Gasteiger partial charge in [0.25, 0.3) is 5.91 Å². The van der Waals surface area contributed by atoms with Gasteiger partial charge in [0.15, 0.2) is 0 Å². The number of piperazine rings is 1. The summed E-state index contributed by atoms with van der Waals surface area (Å²) in [6.45, 7) is 4.87. The molecule has 168 valence electrons. The van der Waals surface area contributed by atoms with Crippen molar-refractivity contribution in [2.75, 3.05) is 52.1 Å². The van der Waals surface area contributed by atoms with Gasteiger partial charge in [-0.3, -0.25) is 4.79 Å². The maximum atomic E-state index is 13.3. The predicted molar refractivity (Wildman–Crippen MR) is 122 cm³/mol. The molecule has 1 heterocycles. The lowest BCUT2D eigenvalue weighted by Gasteiger charge is -2.30. The van der Waals surface area contributed by atoms with Crippen molar-refractivity contribution in [1.82, 2.24) is 14.5 Å². The minimum Gasteiger partial charge on any atom is -0.497 e. The van der Waals surface area contributed by atoms with Gasteiger partial charge in [-0.2, -0.15) is 4.31 Å². The van der Waals surface area contributed by atoms with Gasteiger partial charge in [-0.15, -0.1) is 0 Å². The molecule has 1 unspecified atom stereocenters. The van der Waals surface area contributed by atoms with Crippen molar-refractivity contribution >= 4 is 15.9 Å². The number of carbonyl (C=O) groups excluding carboxylic acids is 1. The summed E-state index contributed by atoms with van der Waals surface area (Å²) in [7, 11) is -1.85. The quantitative estimate of drug-likeness (QED) is 0.640. The first kappa shape index (κ1) is 23.2. The third kappa shape index (κ3) is 6.29. The van der Waals surface area contributed by atoms with Crippen LogP contribution in [0.1, 0.15) is 28.8 Å². The van der Waals surface area contributed by atoms with Gasteiger partial charge in [0.2, 0.25) is 10.0 Å². The molecule has 0 aliphatic carbocycles. The highest BCUT2D eigenvalue weighted by molar-refractivity contribution is 7.89. The van der Waals surface area contributed by atoms with Gasteiger partial charge in [0.1, 0.15) is 5.75 Å². The van der Waals surface area contributed by atoms with E-state index in [1.807, 2.05) is 30.3 Å². The lowest BCUT2D eigenvalue weighted by molar-refractivity contribution is 0.0757. The zero-order valence-electron chi connectivity index (χ0n) is 18.2. The SMILES string of the molecule is COc1ccc(C(=O)N(CCS(=O)(=O)N2CCNCC2)CC(C)c2ccccc2)cc1. The van der Waals surface area contributed by atoms with E-state index in [4.69, 9.17) is 4.74 Å². The Balaban J connectivity index is 1.76. The second kappa shape index (κ2) is 10.7. The standard InChI is InChI=1S/C23H31N3O4S/c1-19(20-6-4-3-5-7-20)18-25(23(27)21-8-10-22(30-2)11-9-21)16-17-31(28,29)26-14-12-24-13-15-26/h3-11,19,24H,12-18H2,1-2H3. The lowest BCUT2D eigenvalue weighted by Crippen LogP contribution is -2.48. The average Bonchev–Trinajstić information content (AvgIpc) is 2.82. The number of methoxy groups -OCH3 is 1. The van der Waals surface area contributed by atoms with Crippen LogP contribution in [0.2, 0.25) is 0 Å². The minimum absolute atomic E-state index is 0.0743. The second-order valence-corrected chi connectivity index (χ2v) is 9.84. The van der Waals surface area contributed by atoms with Gasteiger partial charge >= 0.3 is 0 Å². The molecule has 31 heavy (non-hydrogen) atoms. The van der Waals surface area contributed by atoms with Crippen molar-refractivity contribution in [3.8, 4) is 5.75 Å². The van der Waals surface area contributed by atoms with Gasteiger partial charge in [0, 0.05) is 44.8 Å². The van der Waals surface area contributed by atoms with Crippen molar-refractivity contribution in [2.45, 2.75) is 12.8 Å². The molecular weight excluding hydrogens is 414 g/mol. The van der Waals surface area contributed by atoms with E-state index in [0.717, 1.165) is 5.56 Å². The predicted octanol–water partition coefficient (Wildman–Crippen LogP) is 2.18. The maximum absolute atomic E-state index is 13.3. The van der Waals surface area contributed by atoms with Crippen LogP contribution in [0.3, 0.4) is 0 Å². The van der Waals surface area contributed by atoms with Crippen LogP contribution < -0.4 is 10.1 Å². The van der Waals surface area contributed by atoms with Crippen LogP contribution in [-0.2, 0) is 10.0 Å². The first-order chi connectivity index (χ1) is 14.9. The number of benzene rings is 2. The Hall–Kier alpha value is -2.42. The highest BCUT2D eigenvalue weighted by atomic mass is 32.2. The Kier molecular flexibility index (Phi) is 8.06. The molecule has 1 aliphatic rings. The molecule has 2 aromatic rings. The monoisotopic (exact) mass is 445 g/mol. The largest absolute Gasteiger partial charge is 0.497 e. The van der Waals surface area contributed by atoms with Crippen LogP contribution in [0.5, 0.6) is 5.75 Å². The summed E-state index contributed by atoms with van der Waals surface area (Å²) in [6, 6.07) is 16.9. The van der Waals surface area contributed by atoms with Crippen LogP contribution in [0.4, 0.5) is 0 Å². The molecule has 1 amide bonds. The molecule has 0 bridgehead atoms.